The van der Waals surface area contributed by atoms with Crippen LogP contribution in [0.4, 0.5) is 0 Å². The van der Waals surface area contributed by atoms with E-state index in [1.165, 1.54) is 6.08 Å². The number of benzene rings is 1. The molecule has 1 unspecified atom stereocenters. The van der Waals surface area contributed by atoms with Crippen molar-refractivity contribution in [2.24, 2.45) is 5.73 Å². The number of rotatable bonds is 6. The van der Waals surface area contributed by atoms with Crippen LogP contribution >= 0.6 is 0 Å². The molecule has 2 amide bonds. The number of allylic oxidation sites excluding steroid dienone is 2. The van der Waals surface area contributed by atoms with Crippen LogP contribution in [0.25, 0.3) is 6.08 Å². The first kappa shape index (κ1) is 15.7. The number of primary amides is 1. The Bertz CT molecular complexity index is 536. The molecule has 5 heteroatoms. The zero-order valence-electron chi connectivity index (χ0n) is 11.2. The maximum Gasteiger partial charge on any atom is 0.246 e. The minimum Gasteiger partial charge on any atom is -0.387 e. The van der Waals surface area contributed by atoms with Gasteiger partial charge in [-0.15, -0.1) is 0 Å². The Morgan fingerprint density at radius 3 is 2.65 bits per heavy atom. The number of carbonyl (C=O) groups is 2. The number of aliphatic hydroxyl groups excluding tert-OH is 1. The van der Waals surface area contributed by atoms with Crippen LogP contribution in [0.3, 0.4) is 0 Å². The molecule has 0 aliphatic carbocycles. The van der Waals surface area contributed by atoms with Crippen molar-refractivity contribution in [2.45, 2.75) is 13.0 Å². The summed E-state index contributed by atoms with van der Waals surface area (Å²) in [6.07, 6.45) is 6.73. The van der Waals surface area contributed by atoms with E-state index in [9.17, 15) is 9.59 Å². The monoisotopic (exact) mass is 274 g/mol. The third kappa shape index (κ3) is 5.07. The summed E-state index contributed by atoms with van der Waals surface area (Å²) >= 11 is 0. The summed E-state index contributed by atoms with van der Waals surface area (Å²) in [7, 11) is 0. The van der Waals surface area contributed by atoms with Crippen LogP contribution in [0, 0.1) is 6.92 Å². The van der Waals surface area contributed by atoms with Gasteiger partial charge in [-0.2, -0.15) is 0 Å². The van der Waals surface area contributed by atoms with Gasteiger partial charge in [-0.05, 0) is 18.1 Å². The summed E-state index contributed by atoms with van der Waals surface area (Å²) in [5.74, 6) is -1.34. The topological polar surface area (TPSA) is 92.4 Å². The van der Waals surface area contributed by atoms with Crippen LogP contribution in [-0.2, 0) is 9.59 Å². The fraction of sp³-hybridized carbons (Fsp3) is 0.200. The van der Waals surface area contributed by atoms with Crippen molar-refractivity contribution < 1.29 is 14.7 Å². The number of aliphatic hydroxyl groups is 1. The van der Waals surface area contributed by atoms with Crippen molar-refractivity contribution in [1.82, 2.24) is 5.32 Å². The molecule has 0 heterocycles. The average molecular weight is 274 g/mol. The van der Waals surface area contributed by atoms with Crippen LogP contribution in [0.5, 0.6) is 0 Å². The quantitative estimate of drug-likeness (QED) is 0.660. The first-order valence-corrected chi connectivity index (χ1v) is 6.14. The summed E-state index contributed by atoms with van der Waals surface area (Å²) in [5.41, 5.74) is 7.35. The van der Waals surface area contributed by atoms with Crippen LogP contribution in [0.2, 0.25) is 0 Å². The second-order valence-corrected chi connectivity index (χ2v) is 4.21. The number of hydrogen-bond donors (Lipinski definition) is 3. The molecule has 4 N–H and O–H groups in total. The zero-order valence-corrected chi connectivity index (χ0v) is 11.2. The van der Waals surface area contributed by atoms with Gasteiger partial charge in [-0.1, -0.05) is 48.6 Å². The van der Waals surface area contributed by atoms with Crippen molar-refractivity contribution in [3.63, 3.8) is 0 Å². The Morgan fingerprint density at radius 1 is 1.35 bits per heavy atom. The van der Waals surface area contributed by atoms with Gasteiger partial charge in [0.2, 0.25) is 11.8 Å². The molecule has 0 aliphatic heterocycles. The number of nitrogens with one attached hydrogen (secondary N) is 1. The molecule has 106 valence electrons. The van der Waals surface area contributed by atoms with Crippen molar-refractivity contribution in [2.75, 3.05) is 6.61 Å². The molecular weight excluding hydrogens is 256 g/mol. The van der Waals surface area contributed by atoms with Crippen molar-refractivity contribution in [3.05, 3.63) is 53.6 Å². The number of nitrogens with two attached hydrogens (primary N) is 1. The highest BCUT2D eigenvalue weighted by molar-refractivity contribution is 5.88. The van der Waals surface area contributed by atoms with E-state index in [-0.39, 0.29) is 0 Å². The Kier molecular flexibility index (Phi) is 6.19. The molecule has 20 heavy (non-hydrogen) atoms. The lowest BCUT2D eigenvalue weighted by molar-refractivity contribution is -0.128. The van der Waals surface area contributed by atoms with E-state index in [0.717, 1.165) is 11.1 Å². The van der Waals surface area contributed by atoms with Crippen LogP contribution in [0.1, 0.15) is 11.1 Å². The number of amides is 2. The number of aryl methyl sites for hydroxylation is 1. The second kappa shape index (κ2) is 7.91. The molecule has 1 aromatic rings. The van der Waals surface area contributed by atoms with Crippen LogP contribution in [0.15, 0.2) is 42.5 Å². The highest BCUT2D eigenvalue weighted by Crippen LogP contribution is 2.08. The number of hydrogen-bond acceptors (Lipinski definition) is 3. The first-order chi connectivity index (χ1) is 9.54. The van der Waals surface area contributed by atoms with Gasteiger partial charge in [0.15, 0.2) is 0 Å². The summed E-state index contributed by atoms with van der Waals surface area (Å²) in [5, 5.41) is 10.9. The van der Waals surface area contributed by atoms with Gasteiger partial charge in [0, 0.05) is 0 Å². The lowest BCUT2D eigenvalue weighted by Gasteiger charge is -2.09. The Balaban J connectivity index is 2.67. The predicted octanol–water partition coefficient (Wildman–Crippen LogP) is 0.527. The fourth-order valence-electron chi connectivity index (χ4n) is 1.54. The molecule has 0 saturated carbocycles. The minimum absolute atomic E-state index is 0.652. The highest BCUT2D eigenvalue weighted by Gasteiger charge is 2.13. The minimum atomic E-state index is -0.934. The maximum absolute atomic E-state index is 11.1. The van der Waals surface area contributed by atoms with E-state index in [0.29, 0.717) is 0 Å². The maximum atomic E-state index is 11.1. The molecule has 0 aliphatic rings. The smallest absolute Gasteiger partial charge is 0.246 e. The molecule has 5 nitrogen and oxygen atoms in total. The lowest BCUT2D eigenvalue weighted by atomic mass is 10.1. The van der Waals surface area contributed by atoms with E-state index in [1.807, 2.05) is 37.3 Å². The second-order valence-electron chi connectivity index (χ2n) is 4.21. The molecule has 0 spiro atoms. The molecule has 0 saturated heterocycles. The SMILES string of the molecule is Cc1ccccc1/C=C\C=C\C(NC(=O)CO)C(N)=O. The molecule has 0 fully saturated rings. The fourth-order valence-corrected chi connectivity index (χ4v) is 1.54. The van der Waals surface area contributed by atoms with Gasteiger partial charge < -0.3 is 16.2 Å². The molecule has 1 rings (SSSR count). The van der Waals surface area contributed by atoms with E-state index in [1.54, 1.807) is 12.2 Å². The third-order valence-electron chi connectivity index (χ3n) is 2.65. The molecule has 0 bridgehead atoms. The van der Waals surface area contributed by atoms with Crippen molar-refractivity contribution >= 4 is 17.9 Å². The van der Waals surface area contributed by atoms with Crippen molar-refractivity contribution in [3.8, 4) is 0 Å². The van der Waals surface area contributed by atoms with Crippen LogP contribution in [-0.4, -0.2) is 29.6 Å². The normalized spacial score (nSPS) is 12.7. The van der Waals surface area contributed by atoms with Crippen molar-refractivity contribution in [1.29, 1.82) is 0 Å². The van der Waals surface area contributed by atoms with Gasteiger partial charge in [0.05, 0.1) is 0 Å². The van der Waals surface area contributed by atoms with Gasteiger partial charge in [-0.3, -0.25) is 9.59 Å². The average Bonchev–Trinajstić information content (AvgIpc) is 2.43. The molecule has 1 aromatic carbocycles. The number of carbonyl (C=O) groups excluding carboxylic acids is 2. The Hall–Kier alpha value is -2.40. The van der Waals surface area contributed by atoms with Gasteiger partial charge in [-0.25, -0.2) is 0 Å². The zero-order chi connectivity index (χ0) is 15.0. The molecular formula is C15H18N2O3. The van der Waals surface area contributed by atoms with E-state index < -0.39 is 24.5 Å². The van der Waals surface area contributed by atoms with Gasteiger partial charge >= 0.3 is 0 Å². The standard InChI is InChI=1S/C15H18N2O3/c1-11-6-2-3-7-12(11)8-4-5-9-13(15(16)20)17-14(19)10-18/h2-9,13,18H,10H2,1H3,(H2,16,20)(H,17,19)/b8-4-,9-5+. The summed E-state index contributed by atoms with van der Waals surface area (Å²) in [4.78, 5) is 22.1. The van der Waals surface area contributed by atoms with E-state index in [2.05, 4.69) is 5.32 Å². The largest absolute Gasteiger partial charge is 0.387 e. The van der Waals surface area contributed by atoms with Gasteiger partial charge in [0.25, 0.3) is 0 Å². The van der Waals surface area contributed by atoms with Gasteiger partial charge in [0.1, 0.15) is 12.6 Å². The predicted molar refractivity (Wildman–Crippen MR) is 77.6 cm³/mol. The Morgan fingerprint density at radius 2 is 2.05 bits per heavy atom. The summed E-state index contributed by atoms with van der Waals surface area (Å²) < 4.78 is 0. The third-order valence-corrected chi connectivity index (χ3v) is 2.65. The lowest BCUT2D eigenvalue weighted by Crippen LogP contribution is -2.44. The summed E-state index contributed by atoms with van der Waals surface area (Å²) in [6.45, 7) is 1.31. The Labute approximate surface area is 117 Å². The summed E-state index contributed by atoms with van der Waals surface area (Å²) in [6, 6.07) is 6.92. The molecule has 0 radical (unpaired) electrons. The molecule has 1 atom stereocenters. The van der Waals surface area contributed by atoms with Crippen LogP contribution < -0.4 is 11.1 Å². The first-order valence-electron chi connectivity index (χ1n) is 6.14. The highest BCUT2D eigenvalue weighted by atomic mass is 16.3. The molecule has 0 aromatic heterocycles. The van der Waals surface area contributed by atoms with E-state index in [4.69, 9.17) is 10.8 Å². The van der Waals surface area contributed by atoms with E-state index >= 15 is 0 Å².